The summed E-state index contributed by atoms with van der Waals surface area (Å²) in [5.74, 6) is 1.61. The van der Waals surface area contributed by atoms with Crippen molar-refractivity contribution in [2.75, 3.05) is 26.2 Å². The van der Waals surface area contributed by atoms with Gasteiger partial charge in [0.1, 0.15) is 30.3 Å². The summed E-state index contributed by atoms with van der Waals surface area (Å²) in [4.78, 5) is 2.21. The number of aliphatic hydroxyl groups is 1. The molecule has 1 saturated heterocycles. The van der Waals surface area contributed by atoms with Crippen LogP contribution in [-0.2, 0) is 0 Å². The van der Waals surface area contributed by atoms with E-state index in [1.165, 1.54) is 0 Å². The van der Waals surface area contributed by atoms with Gasteiger partial charge in [0.15, 0.2) is 0 Å². The summed E-state index contributed by atoms with van der Waals surface area (Å²) in [5.41, 5.74) is 0. The lowest BCUT2D eigenvalue weighted by Gasteiger charge is -2.20. The number of benzene rings is 2. The Balaban J connectivity index is 1.40. The van der Waals surface area contributed by atoms with Crippen molar-refractivity contribution in [3.8, 4) is 11.5 Å². The monoisotopic (exact) mass is 347 g/mol. The fourth-order valence-electron chi connectivity index (χ4n) is 2.82. The normalized spacial score (nSPS) is 19.2. The minimum atomic E-state index is -0.514. The van der Waals surface area contributed by atoms with Crippen molar-refractivity contribution in [1.29, 1.82) is 0 Å². The second kappa shape index (κ2) is 8.38. The van der Waals surface area contributed by atoms with E-state index in [9.17, 15) is 5.11 Å². The second-order valence-electron chi connectivity index (χ2n) is 6.02. The number of hydrogen-bond donors (Lipinski definition) is 1. The van der Waals surface area contributed by atoms with Gasteiger partial charge in [0, 0.05) is 24.7 Å². The van der Waals surface area contributed by atoms with Gasteiger partial charge in [-0.3, -0.25) is 4.90 Å². The van der Waals surface area contributed by atoms with Gasteiger partial charge in [-0.25, -0.2) is 0 Å². The molecule has 3 rings (SSSR count). The largest absolute Gasteiger partial charge is 0.491 e. The van der Waals surface area contributed by atoms with E-state index in [4.69, 9.17) is 21.1 Å². The zero-order chi connectivity index (χ0) is 16.8. The maximum absolute atomic E-state index is 10.2. The van der Waals surface area contributed by atoms with Crippen molar-refractivity contribution >= 4 is 11.6 Å². The summed E-state index contributed by atoms with van der Waals surface area (Å²) in [6.07, 6.45) is 0.586. The minimum absolute atomic E-state index is 0.147. The zero-order valence-electron chi connectivity index (χ0n) is 13.5. The van der Waals surface area contributed by atoms with Crippen LogP contribution in [0, 0.1) is 0 Å². The molecule has 1 fully saturated rings. The zero-order valence-corrected chi connectivity index (χ0v) is 14.2. The summed E-state index contributed by atoms with van der Waals surface area (Å²) < 4.78 is 11.5. The molecule has 5 heteroatoms. The van der Waals surface area contributed by atoms with E-state index < -0.39 is 6.10 Å². The second-order valence-corrected chi connectivity index (χ2v) is 6.46. The first-order valence-corrected chi connectivity index (χ1v) is 8.57. The quantitative estimate of drug-likeness (QED) is 0.835. The van der Waals surface area contributed by atoms with E-state index in [0.29, 0.717) is 18.2 Å². The maximum atomic E-state index is 10.2. The fourth-order valence-corrected chi connectivity index (χ4v) is 2.95. The van der Waals surface area contributed by atoms with E-state index >= 15 is 0 Å². The average molecular weight is 348 g/mol. The van der Waals surface area contributed by atoms with E-state index in [2.05, 4.69) is 4.90 Å². The molecule has 2 atom stereocenters. The van der Waals surface area contributed by atoms with Gasteiger partial charge < -0.3 is 14.6 Å². The predicted molar refractivity (Wildman–Crippen MR) is 94.9 cm³/mol. The topological polar surface area (TPSA) is 41.9 Å². The van der Waals surface area contributed by atoms with Gasteiger partial charge in [-0.2, -0.15) is 0 Å². The Morgan fingerprint density at radius 1 is 1.08 bits per heavy atom. The van der Waals surface area contributed by atoms with Crippen LogP contribution in [0.5, 0.6) is 11.5 Å². The first-order chi connectivity index (χ1) is 11.7. The Morgan fingerprint density at radius 2 is 1.83 bits per heavy atom. The third kappa shape index (κ3) is 5.13. The summed E-state index contributed by atoms with van der Waals surface area (Å²) in [5, 5.41) is 10.9. The molecule has 24 heavy (non-hydrogen) atoms. The third-order valence-corrected chi connectivity index (χ3v) is 4.25. The highest BCUT2D eigenvalue weighted by molar-refractivity contribution is 6.30. The Hall–Kier alpha value is -1.75. The highest BCUT2D eigenvalue weighted by Crippen LogP contribution is 2.20. The lowest BCUT2D eigenvalue weighted by molar-refractivity contribution is 0.0720. The van der Waals surface area contributed by atoms with Crippen LogP contribution < -0.4 is 9.47 Å². The number of hydrogen-bond acceptors (Lipinski definition) is 4. The summed E-state index contributed by atoms with van der Waals surface area (Å²) >= 11 is 5.88. The fraction of sp³-hybridized carbons (Fsp3) is 0.368. The van der Waals surface area contributed by atoms with E-state index in [1.54, 1.807) is 0 Å². The highest BCUT2D eigenvalue weighted by Gasteiger charge is 2.25. The molecule has 0 bridgehead atoms. The van der Waals surface area contributed by atoms with Crippen LogP contribution in [0.4, 0.5) is 0 Å². The molecule has 0 unspecified atom stereocenters. The van der Waals surface area contributed by atoms with Crippen LogP contribution in [0.3, 0.4) is 0 Å². The van der Waals surface area contributed by atoms with Crippen molar-refractivity contribution in [3.05, 3.63) is 59.6 Å². The van der Waals surface area contributed by atoms with Crippen molar-refractivity contribution in [3.63, 3.8) is 0 Å². The molecule has 0 amide bonds. The molecule has 1 aliphatic heterocycles. The van der Waals surface area contributed by atoms with E-state index in [-0.39, 0.29) is 6.10 Å². The van der Waals surface area contributed by atoms with Gasteiger partial charge in [0.05, 0.1) is 0 Å². The van der Waals surface area contributed by atoms with Gasteiger partial charge in [-0.05, 0) is 42.8 Å². The summed E-state index contributed by atoms with van der Waals surface area (Å²) in [7, 11) is 0. The SMILES string of the molecule is O[C@@H](COc1ccccc1)CN1CC[C@H](Oc2ccc(Cl)cc2)C1. The number of β-amino-alcohol motifs (C(OH)–C–C–N with tert-alkyl or cyclic N) is 1. The van der Waals surface area contributed by atoms with Gasteiger partial charge in [-0.15, -0.1) is 0 Å². The van der Waals surface area contributed by atoms with Gasteiger partial charge >= 0.3 is 0 Å². The number of para-hydroxylation sites is 1. The van der Waals surface area contributed by atoms with Crippen molar-refractivity contribution in [2.24, 2.45) is 0 Å². The molecule has 0 aliphatic carbocycles. The lowest BCUT2D eigenvalue weighted by Crippen LogP contribution is -2.35. The van der Waals surface area contributed by atoms with Gasteiger partial charge in [0.25, 0.3) is 0 Å². The molecule has 0 saturated carbocycles. The highest BCUT2D eigenvalue weighted by atomic mass is 35.5. The molecular weight excluding hydrogens is 326 g/mol. The standard InChI is InChI=1S/C19H22ClNO3/c20-15-6-8-18(9-7-15)24-19-10-11-21(13-19)12-16(22)14-23-17-4-2-1-3-5-17/h1-9,16,19,22H,10-14H2/t16-,19+/m1/s1. The Morgan fingerprint density at radius 3 is 2.58 bits per heavy atom. The predicted octanol–water partition coefficient (Wildman–Crippen LogP) is 3.23. The van der Waals surface area contributed by atoms with Crippen LogP contribution >= 0.6 is 11.6 Å². The smallest absolute Gasteiger partial charge is 0.119 e. The van der Waals surface area contributed by atoms with Crippen LogP contribution in [0.25, 0.3) is 0 Å². The molecule has 1 N–H and O–H groups in total. The molecule has 1 aliphatic rings. The Kier molecular flexibility index (Phi) is 5.96. The van der Waals surface area contributed by atoms with Crippen LogP contribution in [0.2, 0.25) is 5.02 Å². The van der Waals surface area contributed by atoms with Crippen LogP contribution in [0.15, 0.2) is 54.6 Å². The number of nitrogens with zero attached hydrogens (tertiary/aromatic N) is 1. The molecule has 4 nitrogen and oxygen atoms in total. The molecule has 128 valence electrons. The van der Waals surface area contributed by atoms with Gasteiger partial charge in [-0.1, -0.05) is 29.8 Å². The summed E-state index contributed by atoms with van der Waals surface area (Å²) in [6, 6.07) is 17.0. The summed E-state index contributed by atoms with van der Waals surface area (Å²) in [6.45, 7) is 2.61. The van der Waals surface area contributed by atoms with Crippen molar-refractivity contribution in [1.82, 2.24) is 4.90 Å². The number of rotatable bonds is 7. The number of halogens is 1. The lowest BCUT2D eigenvalue weighted by atomic mass is 10.3. The Bertz CT molecular complexity index is 620. The molecule has 0 radical (unpaired) electrons. The first-order valence-electron chi connectivity index (χ1n) is 8.19. The van der Waals surface area contributed by atoms with E-state index in [1.807, 2.05) is 54.6 Å². The molecule has 0 spiro atoms. The first kappa shape index (κ1) is 17.1. The Labute approximate surface area is 147 Å². The molecule has 1 heterocycles. The molecule has 2 aromatic carbocycles. The van der Waals surface area contributed by atoms with Crippen molar-refractivity contribution < 1.29 is 14.6 Å². The molecular formula is C19H22ClNO3. The third-order valence-electron chi connectivity index (χ3n) is 4.00. The number of likely N-dealkylation sites (tertiary alicyclic amines) is 1. The molecule has 2 aromatic rings. The number of aliphatic hydroxyl groups excluding tert-OH is 1. The maximum Gasteiger partial charge on any atom is 0.119 e. The number of ether oxygens (including phenoxy) is 2. The van der Waals surface area contributed by atoms with Gasteiger partial charge in [0.2, 0.25) is 0 Å². The van der Waals surface area contributed by atoms with E-state index in [0.717, 1.165) is 31.0 Å². The van der Waals surface area contributed by atoms with Crippen LogP contribution in [0.1, 0.15) is 6.42 Å². The minimum Gasteiger partial charge on any atom is -0.491 e. The molecule has 0 aromatic heterocycles. The average Bonchev–Trinajstić information content (AvgIpc) is 3.03. The van der Waals surface area contributed by atoms with Crippen LogP contribution in [-0.4, -0.2) is 48.5 Å². The van der Waals surface area contributed by atoms with Crippen molar-refractivity contribution in [2.45, 2.75) is 18.6 Å².